The standard InChI is InChI=1S/C6H11N2O.CH3.V/c7-6-1-3-8(5-9)4-2-6;;/h6H,1-4,7H2;1H3;/q2*-1;+2. The van der Waals surface area contributed by atoms with E-state index in [9.17, 15) is 4.79 Å². The van der Waals surface area contributed by atoms with E-state index in [0.717, 1.165) is 25.9 Å². The van der Waals surface area contributed by atoms with Gasteiger partial charge in [-0.1, -0.05) is 0 Å². The fourth-order valence-corrected chi connectivity index (χ4v) is 0.991. The van der Waals surface area contributed by atoms with Gasteiger partial charge in [0.15, 0.2) is 0 Å². The summed E-state index contributed by atoms with van der Waals surface area (Å²) in [5.41, 5.74) is 5.60. The van der Waals surface area contributed by atoms with Crippen molar-refractivity contribution in [2.24, 2.45) is 5.73 Å². The van der Waals surface area contributed by atoms with Crippen LogP contribution in [0.4, 0.5) is 0 Å². The molecule has 1 saturated heterocycles. The average molecular weight is 193 g/mol. The van der Waals surface area contributed by atoms with E-state index in [2.05, 4.69) is 0 Å². The molecule has 2 N–H and O–H groups in total. The van der Waals surface area contributed by atoms with Gasteiger partial charge in [0.1, 0.15) is 0 Å². The van der Waals surface area contributed by atoms with Crippen molar-refractivity contribution in [3.05, 3.63) is 7.43 Å². The monoisotopic (exact) mass is 193 g/mol. The quantitative estimate of drug-likeness (QED) is 0.592. The molecule has 63 valence electrons. The van der Waals surface area contributed by atoms with Crippen molar-refractivity contribution >= 4 is 6.41 Å². The van der Waals surface area contributed by atoms with Crippen LogP contribution in [0.3, 0.4) is 0 Å². The third-order valence-electron chi connectivity index (χ3n) is 1.67. The fraction of sp³-hybridized carbons (Fsp3) is 0.714. The van der Waals surface area contributed by atoms with E-state index < -0.39 is 0 Å². The van der Waals surface area contributed by atoms with Crippen LogP contribution in [-0.2, 0) is 23.4 Å². The molecule has 3 nitrogen and oxygen atoms in total. The SMILES string of the molecule is NC1CCN([C-]=O)CC1.[CH3-].[V+2]. The van der Waals surface area contributed by atoms with Crippen LogP contribution in [0, 0.1) is 7.43 Å². The van der Waals surface area contributed by atoms with Crippen LogP contribution in [0.25, 0.3) is 0 Å². The van der Waals surface area contributed by atoms with Crippen molar-refractivity contribution in [1.29, 1.82) is 0 Å². The zero-order chi connectivity index (χ0) is 6.69. The molecular weight excluding hydrogens is 179 g/mol. The minimum atomic E-state index is 0. The van der Waals surface area contributed by atoms with Crippen LogP contribution in [0.1, 0.15) is 12.8 Å². The molecule has 0 aromatic rings. The minimum Gasteiger partial charge on any atom is -0.520 e. The summed E-state index contributed by atoms with van der Waals surface area (Å²) in [6.45, 7) is 1.56. The molecule has 0 bridgehead atoms. The number of nitrogens with zero attached hydrogens (tertiary/aromatic N) is 1. The first-order valence-electron chi connectivity index (χ1n) is 3.21. The van der Waals surface area contributed by atoms with Crippen LogP contribution >= 0.6 is 0 Å². The summed E-state index contributed by atoms with van der Waals surface area (Å²) >= 11 is 0. The number of hydrogen-bond acceptors (Lipinski definition) is 2. The van der Waals surface area contributed by atoms with Crippen molar-refractivity contribution in [3.8, 4) is 0 Å². The van der Waals surface area contributed by atoms with E-state index in [1.807, 2.05) is 6.41 Å². The second kappa shape index (κ2) is 6.71. The van der Waals surface area contributed by atoms with Crippen molar-refractivity contribution in [3.63, 3.8) is 0 Å². The summed E-state index contributed by atoms with van der Waals surface area (Å²) in [6.07, 6.45) is 3.70. The number of hydrogen-bond donors (Lipinski definition) is 1. The Kier molecular flexibility index (Phi) is 8.29. The second-order valence-electron chi connectivity index (χ2n) is 2.42. The van der Waals surface area contributed by atoms with Gasteiger partial charge < -0.3 is 22.9 Å². The van der Waals surface area contributed by atoms with E-state index in [-0.39, 0.29) is 26.0 Å². The molecule has 1 radical (unpaired) electrons. The molecule has 0 aliphatic carbocycles. The van der Waals surface area contributed by atoms with Crippen molar-refractivity contribution in [2.45, 2.75) is 18.9 Å². The topological polar surface area (TPSA) is 46.3 Å². The molecule has 1 rings (SSSR count). The van der Waals surface area contributed by atoms with E-state index in [0.29, 0.717) is 6.04 Å². The van der Waals surface area contributed by atoms with Gasteiger partial charge in [0.25, 0.3) is 0 Å². The summed E-state index contributed by atoms with van der Waals surface area (Å²) in [7, 11) is 0. The number of rotatable bonds is 1. The Labute approximate surface area is 80.2 Å². The van der Waals surface area contributed by atoms with E-state index in [1.54, 1.807) is 4.90 Å². The smallest absolute Gasteiger partial charge is 0.520 e. The summed E-state index contributed by atoms with van der Waals surface area (Å²) in [6, 6.07) is 0.301. The van der Waals surface area contributed by atoms with E-state index >= 15 is 0 Å². The molecule has 11 heavy (non-hydrogen) atoms. The Bertz CT molecular complexity index is 103. The first-order valence-corrected chi connectivity index (χ1v) is 3.21. The van der Waals surface area contributed by atoms with Gasteiger partial charge in [-0.2, -0.15) is 6.41 Å². The molecule has 1 aliphatic rings. The van der Waals surface area contributed by atoms with Gasteiger partial charge in [0.2, 0.25) is 0 Å². The first kappa shape index (κ1) is 13.6. The van der Waals surface area contributed by atoms with Crippen LogP contribution in [-0.4, -0.2) is 30.4 Å². The number of carbonyl (C=O) groups excluding carboxylic acids is 1. The van der Waals surface area contributed by atoms with Gasteiger partial charge in [0.05, 0.1) is 0 Å². The summed E-state index contributed by atoms with van der Waals surface area (Å²) < 4.78 is 0. The Balaban J connectivity index is 0. The molecule has 0 atom stereocenters. The van der Waals surface area contributed by atoms with Crippen LogP contribution in [0.5, 0.6) is 0 Å². The molecule has 0 aromatic carbocycles. The molecular formula is C7H14N2OV. The largest absolute Gasteiger partial charge is 2.00 e. The molecule has 1 aliphatic heterocycles. The Hall–Kier alpha value is 0.0144. The third kappa shape index (κ3) is 4.46. The summed E-state index contributed by atoms with van der Waals surface area (Å²) in [5, 5.41) is 0. The number of piperidine rings is 1. The molecule has 0 saturated carbocycles. The van der Waals surface area contributed by atoms with Crippen LogP contribution in [0.2, 0.25) is 0 Å². The molecule has 0 spiro atoms. The number of nitrogens with two attached hydrogens (primary N) is 1. The zero-order valence-electron chi connectivity index (χ0n) is 6.79. The molecule has 0 unspecified atom stereocenters. The maximum absolute atomic E-state index is 10.0. The van der Waals surface area contributed by atoms with Gasteiger partial charge in [0, 0.05) is 6.04 Å². The van der Waals surface area contributed by atoms with Crippen molar-refractivity contribution in [2.75, 3.05) is 13.1 Å². The molecule has 1 heterocycles. The normalized spacial score (nSPS) is 18.1. The van der Waals surface area contributed by atoms with Crippen LogP contribution < -0.4 is 5.73 Å². The Morgan fingerprint density at radius 3 is 2.18 bits per heavy atom. The molecule has 1 fully saturated rings. The number of amides is 1. The van der Waals surface area contributed by atoms with Crippen LogP contribution in [0.15, 0.2) is 0 Å². The van der Waals surface area contributed by atoms with Crippen molar-refractivity contribution in [1.82, 2.24) is 4.90 Å². The predicted octanol–water partition coefficient (Wildman–Crippen LogP) is -0.0755. The summed E-state index contributed by atoms with van der Waals surface area (Å²) in [5.74, 6) is 0. The van der Waals surface area contributed by atoms with Gasteiger partial charge in [-0.15, -0.1) is 0 Å². The Morgan fingerprint density at radius 1 is 1.36 bits per heavy atom. The predicted molar refractivity (Wildman–Crippen MR) is 40.9 cm³/mol. The minimum absolute atomic E-state index is 0. The average Bonchev–Trinajstić information content (AvgIpc) is 1.90. The maximum Gasteiger partial charge on any atom is 2.00 e. The van der Waals surface area contributed by atoms with Gasteiger partial charge >= 0.3 is 18.6 Å². The first-order chi connectivity index (χ1) is 4.33. The van der Waals surface area contributed by atoms with E-state index in [1.165, 1.54) is 0 Å². The third-order valence-corrected chi connectivity index (χ3v) is 1.67. The van der Waals surface area contributed by atoms with Gasteiger partial charge in [-0.05, 0) is 25.9 Å². The van der Waals surface area contributed by atoms with Gasteiger partial charge in [-0.25, -0.2) is 0 Å². The molecule has 4 heteroatoms. The van der Waals surface area contributed by atoms with E-state index in [4.69, 9.17) is 5.73 Å². The zero-order valence-corrected chi connectivity index (χ0v) is 8.18. The summed E-state index contributed by atoms with van der Waals surface area (Å²) in [4.78, 5) is 11.7. The molecule has 0 aromatic heterocycles. The number of likely N-dealkylation sites (tertiary alicyclic amines) is 1. The van der Waals surface area contributed by atoms with Gasteiger partial charge in [-0.3, -0.25) is 0 Å². The second-order valence-corrected chi connectivity index (χ2v) is 2.42. The maximum atomic E-state index is 10.0. The van der Waals surface area contributed by atoms with Crippen molar-refractivity contribution < 1.29 is 23.4 Å². The molecule has 1 amide bonds. The fourth-order valence-electron chi connectivity index (χ4n) is 0.991. The Morgan fingerprint density at radius 2 is 1.82 bits per heavy atom.